The van der Waals surface area contributed by atoms with E-state index in [0.29, 0.717) is 33.9 Å². The van der Waals surface area contributed by atoms with E-state index >= 15 is 0 Å². The Morgan fingerprint density at radius 2 is 1.86 bits per heavy atom. The van der Waals surface area contributed by atoms with Crippen LogP contribution in [-0.2, 0) is 4.79 Å². The second-order valence-electron chi connectivity index (χ2n) is 5.69. The summed E-state index contributed by atoms with van der Waals surface area (Å²) in [5.41, 5.74) is 1.50. The molecule has 1 aliphatic rings. The van der Waals surface area contributed by atoms with Crippen molar-refractivity contribution in [1.82, 2.24) is 5.32 Å². The van der Waals surface area contributed by atoms with Crippen LogP contribution >= 0.6 is 11.8 Å². The average Bonchev–Trinajstić information content (AvgIpc) is 3.06. The van der Waals surface area contributed by atoms with Crippen LogP contribution in [0.5, 0.6) is 17.2 Å². The number of rotatable bonds is 7. The van der Waals surface area contributed by atoms with Gasteiger partial charge >= 0.3 is 0 Å². The van der Waals surface area contributed by atoms with Crippen LogP contribution in [0.15, 0.2) is 65.0 Å². The maximum atomic E-state index is 12.3. The highest BCUT2D eigenvalue weighted by atomic mass is 32.2. The van der Waals surface area contributed by atoms with E-state index in [1.807, 2.05) is 30.3 Å². The van der Waals surface area contributed by atoms with E-state index in [1.54, 1.807) is 38.5 Å². The fraction of sp³-hybridized carbons (Fsp3) is 0.143. The van der Waals surface area contributed by atoms with Crippen molar-refractivity contribution in [2.75, 3.05) is 20.8 Å². The van der Waals surface area contributed by atoms with E-state index in [1.165, 1.54) is 11.8 Å². The van der Waals surface area contributed by atoms with Gasteiger partial charge in [0.1, 0.15) is 29.5 Å². The third-order valence-electron chi connectivity index (χ3n) is 3.81. The minimum atomic E-state index is -0.191. The molecular formula is C21H20N2O4S. The Hall–Kier alpha value is -3.19. The summed E-state index contributed by atoms with van der Waals surface area (Å²) in [5.74, 6) is 1.79. The Labute approximate surface area is 167 Å². The minimum Gasteiger partial charge on any atom is -0.497 e. The highest BCUT2D eigenvalue weighted by Crippen LogP contribution is 2.34. The molecule has 1 heterocycles. The fourth-order valence-electron chi connectivity index (χ4n) is 2.43. The molecule has 1 aliphatic heterocycles. The molecule has 6 nitrogen and oxygen atoms in total. The first-order valence-corrected chi connectivity index (χ1v) is 9.30. The van der Waals surface area contributed by atoms with Crippen LogP contribution in [0.1, 0.15) is 5.56 Å². The molecule has 0 saturated carbocycles. The third-order valence-corrected chi connectivity index (χ3v) is 4.72. The number of ether oxygens (including phenoxy) is 3. The van der Waals surface area contributed by atoms with E-state index in [0.717, 1.165) is 11.3 Å². The first-order valence-electron chi connectivity index (χ1n) is 8.48. The van der Waals surface area contributed by atoms with Gasteiger partial charge in [-0.1, -0.05) is 24.8 Å². The van der Waals surface area contributed by atoms with Crippen LogP contribution in [0, 0.1) is 0 Å². The van der Waals surface area contributed by atoms with Crippen molar-refractivity contribution in [3.63, 3.8) is 0 Å². The summed E-state index contributed by atoms with van der Waals surface area (Å²) in [4.78, 5) is 17.3. The van der Waals surface area contributed by atoms with Gasteiger partial charge in [-0.15, -0.1) is 0 Å². The molecule has 0 radical (unpaired) electrons. The molecule has 2 aromatic carbocycles. The summed E-state index contributed by atoms with van der Waals surface area (Å²) in [6.45, 7) is 4.07. The van der Waals surface area contributed by atoms with Gasteiger partial charge in [0.05, 0.1) is 19.1 Å². The maximum absolute atomic E-state index is 12.3. The molecule has 0 atom stereocenters. The number of amidine groups is 1. The molecule has 1 saturated heterocycles. The first-order chi connectivity index (χ1) is 13.6. The molecule has 0 aliphatic carbocycles. The molecule has 0 unspecified atom stereocenters. The zero-order chi connectivity index (χ0) is 19.9. The topological polar surface area (TPSA) is 69.2 Å². The average molecular weight is 396 g/mol. The molecule has 0 aromatic heterocycles. The van der Waals surface area contributed by atoms with Crippen LogP contribution < -0.4 is 19.5 Å². The first kappa shape index (κ1) is 19.6. The van der Waals surface area contributed by atoms with Crippen LogP contribution in [0.4, 0.5) is 5.69 Å². The number of thioether (sulfide) groups is 1. The van der Waals surface area contributed by atoms with Crippen molar-refractivity contribution in [3.05, 3.63) is 65.6 Å². The molecule has 2 aromatic rings. The lowest BCUT2D eigenvalue weighted by molar-refractivity contribution is -0.115. The minimum absolute atomic E-state index is 0.191. The van der Waals surface area contributed by atoms with Crippen molar-refractivity contribution in [1.29, 1.82) is 0 Å². The molecule has 1 fully saturated rings. The van der Waals surface area contributed by atoms with E-state index < -0.39 is 0 Å². The molecule has 3 rings (SSSR count). The van der Waals surface area contributed by atoms with Crippen molar-refractivity contribution in [2.45, 2.75) is 0 Å². The lowest BCUT2D eigenvalue weighted by Crippen LogP contribution is -2.19. The Balaban J connectivity index is 1.77. The number of carbonyl (C=O) groups excluding carboxylic acids is 1. The van der Waals surface area contributed by atoms with Crippen LogP contribution in [-0.4, -0.2) is 31.9 Å². The zero-order valence-electron chi connectivity index (χ0n) is 15.6. The number of nitrogens with zero attached hydrogens (tertiary/aromatic N) is 1. The van der Waals surface area contributed by atoms with Gasteiger partial charge in [-0.25, -0.2) is 4.99 Å². The Kier molecular flexibility index (Phi) is 6.39. The van der Waals surface area contributed by atoms with E-state index in [-0.39, 0.29) is 5.91 Å². The molecule has 0 spiro atoms. The van der Waals surface area contributed by atoms with Crippen molar-refractivity contribution in [2.24, 2.45) is 4.99 Å². The third kappa shape index (κ3) is 4.75. The molecule has 1 N–H and O–H groups in total. The standard InChI is InChI=1S/C21H20N2O4S/c1-4-11-27-15-7-5-14(6-8-15)12-19-20(24)23-21(28-19)22-17-10-9-16(25-2)13-18(17)26-3/h4-10,12-13H,1,11H2,2-3H3,(H,22,23,24). The van der Waals surface area contributed by atoms with Gasteiger partial charge in [-0.05, 0) is 47.7 Å². The second kappa shape index (κ2) is 9.14. The molecule has 0 bridgehead atoms. The van der Waals surface area contributed by atoms with Gasteiger partial charge in [0.25, 0.3) is 5.91 Å². The van der Waals surface area contributed by atoms with Gasteiger partial charge in [-0.2, -0.15) is 0 Å². The van der Waals surface area contributed by atoms with Crippen molar-refractivity contribution < 1.29 is 19.0 Å². The molecule has 144 valence electrons. The Morgan fingerprint density at radius 1 is 1.11 bits per heavy atom. The quantitative estimate of drug-likeness (QED) is 0.562. The van der Waals surface area contributed by atoms with E-state index in [4.69, 9.17) is 14.2 Å². The molecular weight excluding hydrogens is 376 g/mol. The van der Waals surface area contributed by atoms with Crippen LogP contribution in [0.2, 0.25) is 0 Å². The van der Waals surface area contributed by atoms with Gasteiger partial charge in [-0.3, -0.25) is 4.79 Å². The molecule has 7 heteroatoms. The SMILES string of the molecule is C=CCOc1ccc(C=C2SC(=Nc3ccc(OC)cc3OC)NC2=O)cc1. The summed E-state index contributed by atoms with van der Waals surface area (Å²) in [6, 6.07) is 12.8. The van der Waals surface area contributed by atoms with E-state index in [2.05, 4.69) is 16.9 Å². The van der Waals surface area contributed by atoms with Gasteiger partial charge in [0, 0.05) is 6.07 Å². The summed E-state index contributed by atoms with van der Waals surface area (Å²) < 4.78 is 16.0. The largest absolute Gasteiger partial charge is 0.497 e. The zero-order valence-corrected chi connectivity index (χ0v) is 16.4. The number of methoxy groups -OCH3 is 2. The summed E-state index contributed by atoms with van der Waals surface area (Å²) in [7, 11) is 3.15. The van der Waals surface area contributed by atoms with Crippen molar-refractivity contribution in [3.8, 4) is 17.2 Å². The summed E-state index contributed by atoms with van der Waals surface area (Å²) in [5, 5.41) is 3.27. The number of nitrogens with one attached hydrogen (secondary N) is 1. The number of amides is 1. The predicted molar refractivity (Wildman–Crippen MR) is 112 cm³/mol. The molecule has 28 heavy (non-hydrogen) atoms. The molecule has 1 amide bonds. The fourth-order valence-corrected chi connectivity index (χ4v) is 3.27. The van der Waals surface area contributed by atoms with Crippen LogP contribution in [0.3, 0.4) is 0 Å². The van der Waals surface area contributed by atoms with Crippen molar-refractivity contribution >= 4 is 34.6 Å². The lowest BCUT2D eigenvalue weighted by atomic mass is 10.2. The van der Waals surface area contributed by atoms with Gasteiger partial charge < -0.3 is 19.5 Å². The van der Waals surface area contributed by atoms with E-state index in [9.17, 15) is 4.79 Å². The Morgan fingerprint density at radius 3 is 2.54 bits per heavy atom. The summed E-state index contributed by atoms with van der Waals surface area (Å²) >= 11 is 1.27. The monoisotopic (exact) mass is 396 g/mol. The number of benzene rings is 2. The lowest BCUT2D eigenvalue weighted by Gasteiger charge is -2.07. The maximum Gasteiger partial charge on any atom is 0.264 e. The second-order valence-corrected chi connectivity index (χ2v) is 6.72. The highest BCUT2D eigenvalue weighted by molar-refractivity contribution is 8.18. The van der Waals surface area contributed by atoms with Crippen LogP contribution in [0.25, 0.3) is 6.08 Å². The normalized spacial score (nSPS) is 16.1. The predicted octanol–water partition coefficient (Wildman–Crippen LogP) is 4.16. The number of hydrogen-bond donors (Lipinski definition) is 1. The van der Waals surface area contributed by atoms with Gasteiger partial charge in [0.15, 0.2) is 5.17 Å². The smallest absolute Gasteiger partial charge is 0.264 e. The number of aliphatic imine (C=N–C) groups is 1. The summed E-state index contributed by atoms with van der Waals surface area (Å²) in [6.07, 6.45) is 3.50. The highest BCUT2D eigenvalue weighted by Gasteiger charge is 2.24. The Bertz CT molecular complexity index is 936. The number of carbonyl (C=O) groups is 1. The van der Waals surface area contributed by atoms with Gasteiger partial charge in [0.2, 0.25) is 0 Å². The number of hydrogen-bond acceptors (Lipinski definition) is 6.